The molecule has 1 saturated heterocycles. The highest BCUT2D eigenvalue weighted by Crippen LogP contribution is 2.29. The molecule has 1 N–H and O–H groups in total. The number of benzene rings is 1. The van der Waals surface area contributed by atoms with E-state index in [1.165, 1.54) is 18.2 Å². The van der Waals surface area contributed by atoms with E-state index in [0.717, 1.165) is 5.92 Å². The minimum absolute atomic E-state index is 0. The van der Waals surface area contributed by atoms with Crippen LogP contribution in [0.5, 0.6) is 11.6 Å². The standard InChI is InChI=1S/C22H28N4O6.C4H10.H2/c1-13(27)18-9-15(11-26(18)19(28)10-23-21(29)32-22(2,3)4)31-20-16-7-6-14(30-5)8-17(16)24-12-25-20;1-4(2)3;/h6-8,12,15,18H,9-11H2,1-5H3,(H,23,29);4H,1-3H3;1H/t15-,18+;;/m1../s1. The van der Waals surface area contributed by atoms with Gasteiger partial charge in [0.15, 0.2) is 5.78 Å². The summed E-state index contributed by atoms with van der Waals surface area (Å²) in [4.78, 5) is 46.6. The van der Waals surface area contributed by atoms with Crippen molar-refractivity contribution in [3.8, 4) is 11.6 Å². The second kappa shape index (κ2) is 12.5. The maximum Gasteiger partial charge on any atom is 0.408 e. The van der Waals surface area contributed by atoms with Gasteiger partial charge in [-0.1, -0.05) is 20.8 Å². The molecule has 0 aliphatic carbocycles. The van der Waals surface area contributed by atoms with E-state index in [4.69, 9.17) is 14.2 Å². The molecular weight excluding hydrogens is 464 g/mol. The van der Waals surface area contributed by atoms with Crippen molar-refractivity contribution in [3.05, 3.63) is 24.5 Å². The third-order valence-electron chi connectivity index (χ3n) is 4.92. The van der Waals surface area contributed by atoms with E-state index in [1.54, 1.807) is 46.1 Å². The lowest BCUT2D eigenvalue weighted by Gasteiger charge is -2.23. The highest BCUT2D eigenvalue weighted by molar-refractivity contribution is 5.90. The first-order valence-electron chi connectivity index (χ1n) is 12.0. The minimum atomic E-state index is -0.694. The van der Waals surface area contributed by atoms with Gasteiger partial charge in [-0.3, -0.25) is 9.59 Å². The summed E-state index contributed by atoms with van der Waals surface area (Å²) in [6.07, 6.45) is 0.590. The highest BCUT2D eigenvalue weighted by Gasteiger charge is 2.39. The Morgan fingerprint density at radius 2 is 1.86 bits per heavy atom. The van der Waals surface area contributed by atoms with Gasteiger partial charge in [-0.15, -0.1) is 0 Å². The number of ketones is 1. The van der Waals surface area contributed by atoms with Gasteiger partial charge < -0.3 is 24.4 Å². The summed E-state index contributed by atoms with van der Waals surface area (Å²) in [7, 11) is 1.57. The molecule has 1 aromatic heterocycles. The normalized spacial score (nSPS) is 17.3. The van der Waals surface area contributed by atoms with E-state index in [1.807, 2.05) is 0 Å². The second-order valence-corrected chi connectivity index (χ2v) is 10.3. The molecule has 2 heterocycles. The van der Waals surface area contributed by atoms with Crippen LogP contribution in [-0.2, 0) is 14.3 Å². The summed E-state index contributed by atoms with van der Waals surface area (Å²) in [6, 6.07) is 4.72. The number of nitrogens with zero attached hydrogens (tertiary/aromatic N) is 3. The summed E-state index contributed by atoms with van der Waals surface area (Å²) >= 11 is 0. The van der Waals surface area contributed by atoms with Crippen LogP contribution in [0.2, 0.25) is 0 Å². The van der Waals surface area contributed by atoms with E-state index >= 15 is 0 Å². The van der Waals surface area contributed by atoms with Crippen LogP contribution in [0.3, 0.4) is 0 Å². The number of hydrogen-bond acceptors (Lipinski definition) is 8. The van der Waals surface area contributed by atoms with Crippen LogP contribution in [0.1, 0.15) is 56.3 Å². The predicted molar refractivity (Wildman–Crippen MR) is 138 cm³/mol. The number of Topliss-reactive ketones (excluding diaryl/α,β-unsaturated/α-hetero) is 1. The molecule has 1 fully saturated rings. The lowest BCUT2D eigenvalue weighted by atomic mass is 10.1. The molecule has 10 nitrogen and oxygen atoms in total. The zero-order valence-electron chi connectivity index (χ0n) is 22.5. The van der Waals surface area contributed by atoms with E-state index in [-0.39, 0.29) is 26.2 Å². The molecule has 3 rings (SSSR count). The monoisotopic (exact) mass is 504 g/mol. The number of hydrogen-bond donors (Lipinski definition) is 1. The van der Waals surface area contributed by atoms with Crippen LogP contribution in [0.4, 0.5) is 4.79 Å². The van der Waals surface area contributed by atoms with Crippen molar-refractivity contribution >= 4 is 28.7 Å². The lowest BCUT2D eigenvalue weighted by molar-refractivity contribution is -0.136. The van der Waals surface area contributed by atoms with Crippen molar-refractivity contribution < 1.29 is 30.0 Å². The average Bonchev–Trinajstić information content (AvgIpc) is 3.20. The Morgan fingerprint density at radius 1 is 1.19 bits per heavy atom. The van der Waals surface area contributed by atoms with Gasteiger partial charge in [-0.25, -0.2) is 14.8 Å². The summed E-state index contributed by atoms with van der Waals surface area (Å²) in [5.74, 6) is 1.32. The fraction of sp³-hybridized carbons (Fsp3) is 0.577. The van der Waals surface area contributed by atoms with Crippen molar-refractivity contribution in [3.63, 3.8) is 0 Å². The number of carbonyl (C=O) groups is 3. The summed E-state index contributed by atoms with van der Waals surface area (Å²) in [6.45, 7) is 13.0. The van der Waals surface area contributed by atoms with E-state index in [9.17, 15) is 14.4 Å². The van der Waals surface area contributed by atoms with Gasteiger partial charge in [-0.05, 0) is 45.7 Å². The van der Waals surface area contributed by atoms with Crippen molar-refractivity contribution in [1.29, 1.82) is 0 Å². The van der Waals surface area contributed by atoms with Gasteiger partial charge >= 0.3 is 6.09 Å². The first-order chi connectivity index (χ1) is 16.8. The van der Waals surface area contributed by atoms with Crippen LogP contribution >= 0.6 is 0 Å². The third-order valence-corrected chi connectivity index (χ3v) is 4.92. The number of ether oxygens (including phenoxy) is 3. The summed E-state index contributed by atoms with van der Waals surface area (Å²) < 4.78 is 16.4. The molecule has 0 radical (unpaired) electrons. The van der Waals surface area contributed by atoms with Gasteiger partial charge in [0, 0.05) is 13.9 Å². The maximum atomic E-state index is 12.7. The lowest BCUT2D eigenvalue weighted by Crippen LogP contribution is -2.46. The first kappa shape index (κ1) is 28.8. The van der Waals surface area contributed by atoms with Crippen molar-refractivity contribution in [2.45, 2.75) is 72.6 Å². The van der Waals surface area contributed by atoms with Crippen molar-refractivity contribution in [2.24, 2.45) is 5.92 Å². The molecule has 1 aromatic carbocycles. The number of fused-ring (bicyclic) bond motifs is 1. The number of amides is 2. The molecule has 200 valence electrons. The molecular formula is C26H40N4O6. The molecule has 0 spiro atoms. The van der Waals surface area contributed by atoms with Gasteiger partial charge in [0.1, 0.15) is 30.3 Å². The number of likely N-dealkylation sites (tertiary alicyclic amines) is 1. The SMILES string of the molecule is CC(C)C.COc1ccc2c(O[C@@H]3C[C@@H](C(C)=O)N(C(=O)CNC(=O)OC(C)(C)C)C3)ncnc2c1.[HH]. The number of aromatic nitrogens is 2. The fourth-order valence-corrected chi connectivity index (χ4v) is 3.50. The number of carbonyl (C=O) groups excluding carboxylic acids is 3. The average molecular weight is 505 g/mol. The third kappa shape index (κ3) is 8.66. The molecule has 36 heavy (non-hydrogen) atoms. The van der Waals surface area contributed by atoms with E-state index < -0.39 is 23.8 Å². The molecule has 2 aromatic rings. The quantitative estimate of drug-likeness (QED) is 0.627. The Labute approximate surface area is 214 Å². The van der Waals surface area contributed by atoms with Gasteiger partial charge in [0.2, 0.25) is 11.8 Å². The van der Waals surface area contributed by atoms with Gasteiger partial charge in [0.05, 0.1) is 30.6 Å². The number of alkyl carbamates (subject to hydrolysis) is 1. The maximum absolute atomic E-state index is 12.7. The molecule has 0 bridgehead atoms. The predicted octanol–water partition coefficient (Wildman–Crippen LogP) is 4.01. The highest BCUT2D eigenvalue weighted by atomic mass is 16.6. The van der Waals surface area contributed by atoms with Gasteiger partial charge in [-0.2, -0.15) is 0 Å². The van der Waals surface area contributed by atoms with E-state index in [0.29, 0.717) is 29.0 Å². The minimum Gasteiger partial charge on any atom is -0.497 e. The molecule has 1 aliphatic rings. The molecule has 10 heteroatoms. The second-order valence-electron chi connectivity index (χ2n) is 10.3. The zero-order valence-corrected chi connectivity index (χ0v) is 22.5. The Bertz CT molecular complexity index is 1070. The van der Waals surface area contributed by atoms with Crippen LogP contribution in [0.15, 0.2) is 24.5 Å². The molecule has 1 aliphatic heterocycles. The summed E-state index contributed by atoms with van der Waals surface area (Å²) in [5.41, 5.74) is -0.0173. The molecule has 0 unspecified atom stereocenters. The Morgan fingerprint density at radius 3 is 2.44 bits per heavy atom. The van der Waals surface area contributed by atoms with Crippen molar-refractivity contribution in [2.75, 3.05) is 20.2 Å². The van der Waals surface area contributed by atoms with Crippen molar-refractivity contribution in [1.82, 2.24) is 20.2 Å². The Hall–Kier alpha value is -3.43. The van der Waals surface area contributed by atoms with Crippen LogP contribution in [-0.4, -0.2) is 70.6 Å². The molecule has 2 amide bonds. The summed E-state index contributed by atoms with van der Waals surface area (Å²) in [5, 5.41) is 3.14. The topological polar surface area (TPSA) is 120 Å². The van der Waals surface area contributed by atoms with Gasteiger partial charge in [0.25, 0.3) is 0 Å². The number of methoxy groups -OCH3 is 1. The number of rotatable bonds is 6. The Kier molecular flexibility index (Phi) is 10.0. The fourth-order valence-electron chi connectivity index (χ4n) is 3.50. The van der Waals surface area contributed by atoms with Crippen LogP contribution < -0.4 is 14.8 Å². The van der Waals surface area contributed by atoms with Crippen LogP contribution in [0, 0.1) is 5.92 Å². The molecule has 2 atom stereocenters. The van der Waals surface area contributed by atoms with E-state index in [2.05, 4.69) is 36.1 Å². The zero-order chi connectivity index (χ0) is 27.0. The van der Waals surface area contributed by atoms with Crippen LogP contribution in [0.25, 0.3) is 10.9 Å². The Balaban J connectivity index is 0.00000127. The molecule has 0 saturated carbocycles. The first-order valence-corrected chi connectivity index (χ1v) is 12.0. The smallest absolute Gasteiger partial charge is 0.408 e. The number of nitrogens with one attached hydrogen (secondary N) is 1. The largest absolute Gasteiger partial charge is 0.497 e.